The molecular weight excluding hydrogens is 392 g/mol. The number of hydrogen-bond donors (Lipinski definition) is 2. The van der Waals surface area contributed by atoms with Gasteiger partial charge in [-0.2, -0.15) is 8.78 Å². The van der Waals surface area contributed by atoms with Crippen molar-refractivity contribution in [3.8, 4) is 11.5 Å². The minimum absolute atomic E-state index is 0.0955. The van der Waals surface area contributed by atoms with E-state index in [4.69, 9.17) is 4.74 Å². The molecule has 9 heteroatoms. The summed E-state index contributed by atoms with van der Waals surface area (Å²) in [6.45, 7) is -0.0190. The van der Waals surface area contributed by atoms with Crippen LogP contribution in [-0.2, 0) is 13.1 Å². The van der Waals surface area contributed by atoms with Crippen molar-refractivity contribution in [3.63, 3.8) is 0 Å². The molecule has 0 amide bonds. The number of methoxy groups -OCH3 is 1. The van der Waals surface area contributed by atoms with Crippen LogP contribution in [0.5, 0.6) is 11.5 Å². The quantitative estimate of drug-likeness (QED) is 0.506. The zero-order valence-electron chi connectivity index (χ0n) is 17.2. The van der Waals surface area contributed by atoms with Gasteiger partial charge in [-0.15, -0.1) is 0 Å². The van der Waals surface area contributed by atoms with Gasteiger partial charge < -0.3 is 25.0 Å². The van der Waals surface area contributed by atoms with E-state index in [0.717, 1.165) is 24.5 Å². The largest absolute Gasteiger partial charge is 0.497 e. The number of halogens is 2. The Morgan fingerprint density at radius 2 is 1.93 bits per heavy atom. The van der Waals surface area contributed by atoms with Gasteiger partial charge in [0.2, 0.25) is 0 Å². The van der Waals surface area contributed by atoms with Crippen LogP contribution in [0.25, 0.3) is 0 Å². The molecule has 7 nitrogen and oxygen atoms in total. The SMILES string of the molecule is CN=C(NCc1ccnc(N2CCCC2)c1)NCc1cc(OC)ccc1OC(F)F. The first-order valence-corrected chi connectivity index (χ1v) is 9.85. The summed E-state index contributed by atoms with van der Waals surface area (Å²) in [6, 6.07) is 8.73. The van der Waals surface area contributed by atoms with Crippen molar-refractivity contribution < 1.29 is 18.3 Å². The summed E-state index contributed by atoms with van der Waals surface area (Å²) < 4.78 is 35.1. The number of anilines is 1. The first kappa shape index (κ1) is 21.6. The molecule has 1 saturated heterocycles. The molecule has 0 bridgehead atoms. The molecule has 1 aliphatic rings. The van der Waals surface area contributed by atoms with Gasteiger partial charge in [-0.25, -0.2) is 4.98 Å². The Balaban J connectivity index is 1.59. The molecule has 3 rings (SSSR count). The second-order valence-corrected chi connectivity index (χ2v) is 6.85. The lowest BCUT2D eigenvalue weighted by Crippen LogP contribution is -2.36. The van der Waals surface area contributed by atoms with Crippen molar-refractivity contribution in [2.24, 2.45) is 4.99 Å². The van der Waals surface area contributed by atoms with Gasteiger partial charge in [-0.3, -0.25) is 4.99 Å². The number of nitrogens with zero attached hydrogens (tertiary/aromatic N) is 3. The fourth-order valence-corrected chi connectivity index (χ4v) is 3.31. The fourth-order valence-electron chi connectivity index (χ4n) is 3.31. The highest BCUT2D eigenvalue weighted by Crippen LogP contribution is 2.25. The number of aliphatic imine (C=N–C) groups is 1. The number of rotatable bonds is 8. The van der Waals surface area contributed by atoms with E-state index in [9.17, 15) is 8.78 Å². The molecule has 0 unspecified atom stereocenters. The van der Waals surface area contributed by atoms with Crippen LogP contribution in [-0.4, -0.2) is 44.8 Å². The molecule has 0 atom stereocenters. The molecule has 0 saturated carbocycles. The van der Waals surface area contributed by atoms with Crippen molar-refractivity contribution in [1.82, 2.24) is 15.6 Å². The Hall–Kier alpha value is -3.10. The van der Waals surface area contributed by atoms with Crippen LogP contribution in [0.2, 0.25) is 0 Å². The Labute approximate surface area is 175 Å². The summed E-state index contributed by atoms with van der Waals surface area (Å²) in [6.07, 6.45) is 4.20. The smallest absolute Gasteiger partial charge is 0.387 e. The summed E-state index contributed by atoms with van der Waals surface area (Å²) in [7, 11) is 3.17. The third kappa shape index (κ3) is 5.95. The first-order chi connectivity index (χ1) is 14.6. The number of pyridine rings is 1. The second-order valence-electron chi connectivity index (χ2n) is 6.85. The number of aromatic nitrogens is 1. The third-order valence-electron chi connectivity index (χ3n) is 4.85. The Kier molecular flexibility index (Phi) is 7.64. The van der Waals surface area contributed by atoms with Crippen molar-refractivity contribution >= 4 is 11.8 Å². The Bertz CT molecular complexity index is 857. The molecule has 1 aromatic heterocycles. The van der Waals surface area contributed by atoms with E-state index in [1.807, 2.05) is 12.3 Å². The third-order valence-corrected chi connectivity index (χ3v) is 4.85. The average Bonchev–Trinajstić information content (AvgIpc) is 3.29. The van der Waals surface area contributed by atoms with E-state index in [1.165, 1.54) is 26.0 Å². The normalized spacial score (nSPS) is 14.2. The summed E-state index contributed by atoms with van der Waals surface area (Å²) in [5.41, 5.74) is 1.62. The van der Waals surface area contributed by atoms with Gasteiger partial charge in [-0.1, -0.05) is 0 Å². The number of hydrogen-bond acceptors (Lipinski definition) is 5. The molecule has 1 aliphatic heterocycles. The molecular formula is C21H27F2N5O2. The maximum absolute atomic E-state index is 12.7. The number of alkyl halides is 2. The van der Waals surface area contributed by atoms with Crippen LogP contribution in [0.4, 0.5) is 14.6 Å². The lowest BCUT2D eigenvalue weighted by molar-refractivity contribution is -0.0504. The van der Waals surface area contributed by atoms with Crippen LogP contribution < -0.4 is 25.0 Å². The van der Waals surface area contributed by atoms with Gasteiger partial charge in [-0.05, 0) is 48.7 Å². The average molecular weight is 419 g/mol. The van der Waals surface area contributed by atoms with E-state index >= 15 is 0 Å². The van der Waals surface area contributed by atoms with Gasteiger partial charge in [0.25, 0.3) is 0 Å². The maximum atomic E-state index is 12.7. The summed E-state index contributed by atoms with van der Waals surface area (Å²) in [4.78, 5) is 10.9. The monoisotopic (exact) mass is 419 g/mol. The van der Waals surface area contributed by atoms with E-state index in [-0.39, 0.29) is 12.3 Å². The predicted octanol–water partition coefficient (Wildman–Crippen LogP) is 3.16. The first-order valence-electron chi connectivity index (χ1n) is 9.85. The summed E-state index contributed by atoms with van der Waals surface area (Å²) in [5.74, 6) is 2.18. The molecule has 0 aliphatic carbocycles. The summed E-state index contributed by atoms with van der Waals surface area (Å²) >= 11 is 0. The topological polar surface area (TPSA) is 71.0 Å². The zero-order valence-corrected chi connectivity index (χ0v) is 17.2. The molecule has 2 N–H and O–H groups in total. The highest BCUT2D eigenvalue weighted by molar-refractivity contribution is 5.79. The lowest BCUT2D eigenvalue weighted by Gasteiger charge is -2.18. The maximum Gasteiger partial charge on any atom is 0.387 e. The van der Waals surface area contributed by atoms with Crippen molar-refractivity contribution in [3.05, 3.63) is 47.7 Å². The van der Waals surface area contributed by atoms with Gasteiger partial charge >= 0.3 is 6.61 Å². The molecule has 30 heavy (non-hydrogen) atoms. The van der Waals surface area contributed by atoms with Gasteiger partial charge in [0.05, 0.1) is 7.11 Å². The highest BCUT2D eigenvalue weighted by Gasteiger charge is 2.14. The Morgan fingerprint density at radius 1 is 1.17 bits per heavy atom. The van der Waals surface area contributed by atoms with Gasteiger partial charge in [0.1, 0.15) is 17.3 Å². The van der Waals surface area contributed by atoms with E-state index in [1.54, 1.807) is 19.2 Å². The number of benzene rings is 1. The van der Waals surface area contributed by atoms with Crippen LogP contribution >= 0.6 is 0 Å². The zero-order chi connectivity index (χ0) is 21.3. The van der Waals surface area contributed by atoms with Crippen LogP contribution in [0.1, 0.15) is 24.0 Å². The number of ether oxygens (including phenoxy) is 2. The summed E-state index contributed by atoms with van der Waals surface area (Å²) in [5, 5.41) is 6.36. The van der Waals surface area contributed by atoms with Gasteiger partial charge in [0.15, 0.2) is 5.96 Å². The van der Waals surface area contributed by atoms with Crippen molar-refractivity contribution in [2.45, 2.75) is 32.5 Å². The van der Waals surface area contributed by atoms with E-state index < -0.39 is 6.61 Å². The Morgan fingerprint density at radius 3 is 2.63 bits per heavy atom. The molecule has 1 aromatic carbocycles. The van der Waals surface area contributed by atoms with Crippen LogP contribution in [0, 0.1) is 0 Å². The lowest BCUT2D eigenvalue weighted by atomic mass is 10.2. The number of nitrogens with one attached hydrogen (secondary N) is 2. The molecule has 0 radical (unpaired) electrons. The molecule has 0 spiro atoms. The molecule has 2 heterocycles. The van der Waals surface area contributed by atoms with Crippen molar-refractivity contribution in [1.29, 1.82) is 0 Å². The molecule has 1 fully saturated rings. The van der Waals surface area contributed by atoms with Crippen molar-refractivity contribution in [2.75, 3.05) is 32.1 Å². The minimum atomic E-state index is -2.90. The van der Waals surface area contributed by atoms with Crippen LogP contribution in [0.15, 0.2) is 41.5 Å². The highest BCUT2D eigenvalue weighted by atomic mass is 19.3. The molecule has 162 valence electrons. The van der Waals surface area contributed by atoms with Gasteiger partial charge in [0, 0.05) is 45.0 Å². The molecule has 2 aromatic rings. The predicted molar refractivity (Wildman–Crippen MR) is 112 cm³/mol. The van der Waals surface area contributed by atoms with E-state index in [0.29, 0.717) is 23.8 Å². The van der Waals surface area contributed by atoms with Crippen LogP contribution in [0.3, 0.4) is 0 Å². The number of guanidine groups is 1. The second kappa shape index (κ2) is 10.6. The minimum Gasteiger partial charge on any atom is -0.497 e. The standard InChI is InChI=1S/C21H27F2N5O2/c1-24-21(26-13-15-7-8-25-19(11-15)28-9-3-4-10-28)27-14-16-12-17(29-2)5-6-18(16)30-20(22)23/h5-8,11-12,20H,3-4,9-10,13-14H2,1-2H3,(H2,24,26,27). The fraction of sp³-hybridized carbons (Fsp3) is 0.429. The van der Waals surface area contributed by atoms with E-state index in [2.05, 4.69) is 36.3 Å².